The van der Waals surface area contributed by atoms with Crippen LogP contribution >= 0.6 is 11.6 Å². The van der Waals surface area contributed by atoms with Crippen LogP contribution in [0.15, 0.2) is 54.6 Å². The van der Waals surface area contributed by atoms with Gasteiger partial charge in [-0.3, -0.25) is 4.98 Å². The van der Waals surface area contributed by atoms with Crippen molar-refractivity contribution in [3.63, 3.8) is 0 Å². The van der Waals surface area contributed by atoms with E-state index in [-0.39, 0.29) is 11.2 Å². The molecule has 3 aromatic rings. The third-order valence-corrected chi connectivity index (χ3v) is 4.01. The molecule has 106 valence electrons. The summed E-state index contributed by atoms with van der Waals surface area (Å²) in [4.78, 5) is 4.61. The third kappa shape index (κ3) is 3.06. The fraction of sp³-hybridized carbons (Fsp3) is 0.167. The Hall–Kier alpha value is -1.93. The van der Waals surface area contributed by atoms with E-state index in [1.54, 1.807) is 6.07 Å². The number of alkyl halides is 1. The van der Waals surface area contributed by atoms with Gasteiger partial charge in [-0.05, 0) is 42.3 Å². The van der Waals surface area contributed by atoms with Crippen LogP contribution in [-0.2, 0) is 6.42 Å². The quantitative estimate of drug-likeness (QED) is 0.605. The predicted molar refractivity (Wildman–Crippen MR) is 85.2 cm³/mol. The molecule has 3 heteroatoms. The zero-order valence-electron chi connectivity index (χ0n) is 11.7. The van der Waals surface area contributed by atoms with Crippen LogP contribution in [0.25, 0.3) is 10.9 Å². The Kier molecular flexibility index (Phi) is 3.89. The maximum atomic E-state index is 13.4. The summed E-state index contributed by atoms with van der Waals surface area (Å²) in [7, 11) is 0. The molecule has 21 heavy (non-hydrogen) atoms. The highest BCUT2D eigenvalue weighted by Gasteiger charge is 2.13. The Bertz CT molecular complexity index is 785. The Balaban J connectivity index is 1.88. The number of rotatable bonds is 3. The first-order valence-corrected chi connectivity index (χ1v) is 7.32. The van der Waals surface area contributed by atoms with Crippen LogP contribution in [0.3, 0.4) is 0 Å². The molecule has 0 N–H and O–H groups in total. The van der Waals surface area contributed by atoms with Crippen molar-refractivity contribution in [2.75, 3.05) is 0 Å². The minimum Gasteiger partial charge on any atom is -0.253 e. The van der Waals surface area contributed by atoms with E-state index in [2.05, 4.69) is 4.98 Å². The lowest BCUT2D eigenvalue weighted by Gasteiger charge is -2.13. The minimum absolute atomic E-state index is 0.257. The van der Waals surface area contributed by atoms with Gasteiger partial charge < -0.3 is 0 Å². The molecule has 0 aliphatic heterocycles. The van der Waals surface area contributed by atoms with Gasteiger partial charge in [0.25, 0.3) is 0 Å². The Morgan fingerprint density at radius 1 is 1.10 bits per heavy atom. The number of nitrogens with zero attached hydrogens (tertiary/aromatic N) is 1. The van der Waals surface area contributed by atoms with E-state index in [4.69, 9.17) is 11.6 Å². The van der Waals surface area contributed by atoms with Crippen LogP contribution < -0.4 is 0 Å². The lowest BCUT2D eigenvalue weighted by Crippen LogP contribution is -2.01. The van der Waals surface area contributed by atoms with Crippen molar-refractivity contribution in [3.8, 4) is 0 Å². The van der Waals surface area contributed by atoms with Crippen molar-refractivity contribution in [3.05, 3.63) is 77.2 Å². The van der Waals surface area contributed by atoms with E-state index in [1.165, 1.54) is 12.1 Å². The largest absolute Gasteiger partial charge is 0.253 e. The van der Waals surface area contributed by atoms with Gasteiger partial charge in [-0.1, -0.05) is 30.3 Å². The zero-order valence-corrected chi connectivity index (χ0v) is 12.4. The zero-order chi connectivity index (χ0) is 14.8. The van der Waals surface area contributed by atoms with E-state index >= 15 is 0 Å². The first kappa shape index (κ1) is 14.0. The molecule has 0 saturated carbocycles. The molecule has 0 spiro atoms. The molecule has 0 amide bonds. The van der Waals surface area contributed by atoms with Gasteiger partial charge >= 0.3 is 0 Å². The minimum atomic E-state index is -0.283. The summed E-state index contributed by atoms with van der Waals surface area (Å²) in [5, 5.41) is 0.823. The number of fused-ring (bicyclic) bond motifs is 1. The first-order valence-electron chi connectivity index (χ1n) is 6.88. The maximum absolute atomic E-state index is 13.4. The lowest BCUT2D eigenvalue weighted by molar-refractivity contribution is 0.624. The molecule has 3 rings (SSSR count). The molecule has 1 aromatic heterocycles. The lowest BCUT2D eigenvalue weighted by atomic mass is 10.0. The number of hydrogen-bond acceptors (Lipinski definition) is 1. The van der Waals surface area contributed by atoms with Crippen LogP contribution in [0, 0.1) is 12.7 Å². The SMILES string of the molecule is Cc1ccc(F)cc1C(Cl)Cc1ccc2ccccc2n1. The second-order valence-electron chi connectivity index (χ2n) is 5.17. The van der Waals surface area contributed by atoms with Crippen molar-refractivity contribution in [2.24, 2.45) is 0 Å². The second-order valence-corrected chi connectivity index (χ2v) is 5.69. The van der Waals surface area contributed by atoms with Gasteiger partial charge in [0.2, 0.25) is 0 Å². The van der Waals surface area contributed by atoms with Gasteiger partial charge in [0.1, 0.15) is 5.82 Å². The van der Waals surface area contributed by atoms with E-state index in [0.717, 1.165) is 27.7 Å². The smallest absolute Gasteiger partial charge is 0.123 e. The van der Waals surface area contributed by atoms with Crippen molar-refractivity contribution in [2.45, 2.75) is 18.7 Å². The van der Waals surface area contributed by atoms with Gasteiger partial charge in [-0.15, -0.1) is 11.6 Å². The molecule has 1 heterocycles. The average Bonchev–Trinajstić information content (AvgIpc) is 2.49. The number of para-hydroxylation sites is 1. The highest BCUT2D eigenvalue weighted by Crippen LogP contribution is 2.28. The average molecular weight is 300 g/mol. The van der Waals surface area contributed by atoms with Crippen molar-refractivity contribution >= 4 is 22.5 Å². The topological polar surface area (TPSA) is 12.9 Å². The first-order chi connectivity index (χ1) is 10.1. The van der Waals surface area contributed by atoms with Crippen LogP contribution in [0.1, 0.15) is 22.2 Å². The molecule has 0 bridgehead atoms. The van der Waals surface area contributed by atoms with E-state index < -0.39 is 0 Å². The summed E-state index contributed by atoms with van der Waals surface area (Å²) in [5.74, 6) is -0.257. The summed E-state index contributed by atoms with van der Waals surface area (Å²) >= 11 is 6.46. The second kappa shape index (κ2) is 5.82. The number of aryl methyl sites for hydroxylation is 1. The molecule has 1 nitrogen and oxygen atoms in total. The Labute approximate surface area is 128 Å². The van der Waals surface area contributed by atoms with Crippen molar-refractivity contribution in [1.29, 1.82) is 0 Å². The van der Waals surface area contributed by atoms with E-state index in [9.17, 15) is 4.39 Å². The monoisotopic (exact) mass is 299 g/mol. The third-order valence-electron chi connectivity index (χ3n) is 3.62. The molecule has 0 fully saturated rings. The Morgan fingerprint density at radius 3 is 2.76 bits per heavy atom. The molecular formula is C18H15ClFN. The van der Waals surface area contributed by atoms with Gasteiger partial charge in [-0.2, -0.15) is 0 Å². The fourth-order valence-corrected chi connectivity index (χ4v) is 2.86. The number of hydrogen-bond donors (Lipinski definition) is 0. The number of halogens is 2. The summed E-state index contributed by atoms with van der Waals surface area (Å²) in [6, 6.07) is 16.7. The molecule has 0 saturated heterocycles. The van der Waals surface area contributed by atoms with Crippen LogP contribution in [0.4, 0.5) is 4.39 Å². The standard InChI is InChI=1S/C18H15ClFN/c1-12-6-8-14(20)10-16(12)17(19)11-15-9-7-13-4-2-3-5-18(13)21-15/h2-10,17H,11H2,1H3. The van der Waals surface area contributed by atoms with Crippen molar-refractivity contribution < 1.29 is 4.39 Å². The molecule has 0 radical (unpaired) electrons. The predicted octanol–water partition coefficient (Wildman–Crippen LogP) is 5.20. The Morgan fingerprint density at radius 2 is 1.90 bits per heavy atom. The van der Waals surface area contributed by atoms with E-state index in [0.29, 0.717) is 6.42 Å². The molecular weight excluding hydrogens is 285 g/mol. The van der Waals surface area contributed by atoms with Crippen LogP contribution in [0.2, 0.25) is 0 Å². The summed E-state index contributed by atoms with van der Waals surface area (Å²) in [6.07, 6.45) is 0.580. The van der Waals surface area contributed by atoms with Gasteiger partial charge in [-0.25, -0.2) is 4.39 Å². The van der Waals surface area contributed by atoms with E-state index in [1.807, 2.05) is 43.3 Å². The van der Waals surface area contributed by atoms with Gasteiger partial charge in [0.15, 0.2) is 0 Å². The van der Waals surface area contributed by atoms with Crippen LogP contribution in [-0.4, -0.2) is 4.98 Å². The number of aromatic nitrogens is 1. The summed E-state index contributed by atoms with van der Waals surface area (Å²) < 4.78 is 13.4. The molecule has 1 atom stereocenters. The highest BCUT2D eigenvalue weighted by atomic mass is 35.5. The normalized spacial score (nSPS) is 12.5. The molecule has 2 aromatic carbocycles. The van der Waals surface area contributed by atoms with Gasteiger partial charge in [0, 0.05) is 17.5 Å². The number of benzene rings is 2. The molecule has 0 aliphatic rings. The van der Waals surface area contributed by atoms with Crippen LogP contribution in [0.5, 0.6) is 0 Å². The van der Waals surface area contributed by atoms with Gasteiger partial charge in [0.05, 0.1) is 10.9 Å². The van der Waals surface area contributed by atoms with Crippen molar-refractivity contribution in [1.82, 2.24) is 4.98 Å². The highest BCUT2D eigenvalue weighted by molar-refractivity contribution is 6.21. The fourth-order valence-electron chi connectivity index (χ4n) is 2.46. The molecule has 0 aliphatic carbocycles. The maximum Gasteiger partial charge on any atom is 0.123 e. The summed E-state index contributed by atoms with van der Waals surface area (Å²) in [6.45, 7) is 1.94. The summed E-state index contributed by atoms with van der Waals surface area (Å²) in [5.41, 5.74) is 3.69. The molecule has 1 unspecified atom stereocenters. The number of pyridine rings is 1.